The van der Waals surface area contributed by atoms with Gasteiger partial charge in [-0.2, -0.15) is 0 Å². The second-order valence-corrected chi connectivity index (χ2v) is 10.5. The number of anilines is 1. The lowest BCUT2D eigenvalue weighted by molar-refractivity contribution is -0.123. The molecule has 1 spiro atoms. The lowest BCUT2D eigenvalue weighted by atomic mass is 9.62. The summed E-state index contributed by atoms with van der Waals surface area (Å²) in [6.07, 6.45) is 0.701. The Morgan fingerprint density at radius 1 is 1.13 bits per heavy atom. The smallest absolute Gasteiger partial charge is 0.237 e. The molecule has 1 fully saturated rings. The SMILES string of the molecule is CNC(=O)C1NC(CC(C)(C)C)C2(C(=O)Nc3cc(Cl)ccc32)C1c1cccc(Cl)c1. The first-order chi connectivity index (χ1) is 14.6. The van der Waals surface area contributed by atoms with Crippen molar-refractivity contribution in [2.75, 3.05) is 12.4 Å². The van der Waals surface area contributed by atoms with Gasteiger partial charge in [0.15, 0.2) is 0 Å². The van der Waals surface area contributed by atoms with Gasteiger partial charge >= 0.3 is 0 Å². The van der Waals surface area contributed by atoms with Crippen LogP contribution in [0.3, 0.4) is 0 Å². The van der Waals surface area contributed by atoms with Gasteiger partial charge in [0.2, 0.25) is 11.8 Å². The van der Waals surface area contributed by atoms with E-state index >= 15 is 0 Å². The van der Waals surface area contributed by atoms with Gasteiger partial charge in [0.25, 0.3) is 0 Å². The lowest BCUT2D eigenvalue weighted by Gasteiger charge is -2.37. The first-order valence-corrected chi connectivity index (χ1v) is 11.2. The number of carbonyl (C=O) groups excluding carboxylic acids is 2. The molecule has 7 heteroatoms. The molecule has 2 aliphatic rings. The zero-order valence-electron chi connectivity index (χ0n) is 18.1. The molecule has 2 aromatic carbocycles. The van der Waals surface area contributed by atoms with Gasteiger partial charge in [-0.3, -0.25) is 9.59 Å². The minimum atomic E-state index is -0.977. The fourth-order valence-electron chi connectivity index (χ4n) is 5.28. The normalized spacial score (nSPS) is 27.3. The van der Waals surface area contributed by atoms with E-state index in [1.165, 1.54) is 0 Å². The van der Waals surface area contributed by atoms with Crippen LogP contribution in [0.4, 0.5) is 5.69 Å². The van der Waals surface area contributed by atoms with Crippen LogP contribution in [0.15, 0.2) is 42.5 Å². The number of likely N-dealkylation sites (N-methyl/N-ethyl adjacent to an activating group) is 1. The number of fused-ring (bicyclic) bond motifs is 2. The van der Waals surface area contributed by atoms with Crippen LogP contribution < -0.4 is 16.0 Å². The topological polar surface area (TPSA) is 70.2 Å². The average Bonchev–Trinajstić information content (AvgIpc) is 3.15. The van der Waals surface area contributed by atoms with Gasteiger partial charge in [-0.25, -0.2) is 0 Å². The highest BCUT2D eigenvalue weighted by Gasteiger charge is 2.65. The highest BCUT2D eigenvalue weighted by molar-refractivity contribution is 6.31. The first kappa shape index (κ1) is 22.1. The maximum Gasteiger partial charge on any atom is 0.237 e. The third-order valence-corrected chi connectivity index (χ3v) is 6.83. The van der Waals surface area contributed by atoms with Crippen molar-refractivity contribution in [1.29, 1.82) is 0 Å². The summed E-state index contributed by atoms with van der Waals surface area (Å²) in [5.74, 6) is -0.722. The number of halogens is 2. The van der Waals surface area contributed by atoms with Gasteiger partial charge in [0.05, 0.1) is 6.04 Å². The highest BCUT2D eigenvalue weighted by atomic mass is 35.5. The molecule has 1 saturated heterocycles. The van der Waals surface area contributed by atoms with Crippen LogP contribution in [0.2, 0.25) is 10.0 Å². The molecule has 3 N–H and O–H groups in total. The molecule has 31 heavy (non-hydrogen) atoms. The van der Waals surface area contributed by atoms with Crippen molar-refractivity contribution >= 4 is 40.7 Å². The molecule has 4 atom stereocenters. The molecule has 5 nitrogen and oxygen atoms in total. The maximum absolute atomic E-state index is 13.8. The molecule has 164 valence electrons. The van der Waals surface area contributed by atoms with Gasteiger partial charge in [-0.1, -0.05) is 62.2 Å². The van der Waals surface area contributed by atoms with Crippen molar-refractivity contribution in [1.82, 2.24) is 10.6 Å². The van der Waals surface area contributed by atoms with Crippen LogP contribution >= 0.6 is 23.2 Å². The van der Waals surface area contributed by atoms with Gasteiger partial charge < -0.3 is 16.0 Å². The number of hydrogen-bond donors (Lipinski definition) is 3. The van der Waals surface area contributed by atoms with Crippen LogP contribution in [-0.2, 0) is 15.0 Å². The Balaban J connectivity index is 2.00. The van der Waals surface area contributed by atoms with Crippen LogP contribution in [0.25, 0.3) is 0 Å². The molecule has 2 heterocycles. The number of hydrogen-bond acceptors (Lipinski definition) is 3. The number of benzene rings is 2. The Labute approximate surface area is 192 Å². The minimum absolute atomic E-state index is 0.0728. The van der Waals surface area contributed by atoms with E-state index in [2.05, 4.69) is 36.7 Å². The molecule has 0 saturated carbocycles. The van der Waals surface area contributed by atoms with Gasteiger partial charge in [0.1, 0.15) is 5.41 Å². The Morgan fingerprint density at radius 2 is 1.84 bits per heavy atom. The summed E-state index contributed by atoms with van der Waals surface area (Å²) >= 11 is 12.6. The van der Waals surface area contributed by atoms with E-state index in [9.17, 15) is 9.59 Å². The number of rotatable bonds is 3. The fraction of sp³-hybridized carbons (Fsp3) is 0.417. The quantitative estimate of drug-likeness (QED) is 0.632. The Morgan fingerprint density at radius 3 is 2.48 bits per heavy atom. The molecule has 0 bridgehead atoms. The van der Waals surface area contributed by atoms with Crippen molar-refractivity contribution in [3.8, 4) is 0 Å². The predicted octanol–water partition coefficient (Wildman–Crippen LogP) is 4.49. The highest BCUT2D eigenvalue weighted by Crippen LogP contribution is 2.56. The number of carbonyl (C=O) groups is 2. The molecule has 0 radical (unpaired) electrons. The summed E-state index contributed by atoms with van der Waals surface area (Å²) in [7, 11) is 1.62. The lowest BCUT2D eigenvalue weighted by Crippen LogP contribution is -2.49. The number of nitrogens with one attached hydrogen (secondary N) is 3. The Hall–Kier alpha value is -2.08. The van der Waals surface area contributed by atoms with Crippen molar-refractivity contribution < 1.29 is 9.59 Å². The second-order valence-electron chi connectivity index (χ2n) is 9.62. The first-order valence-electron chi connectivity index (χ1n) is 10.4. The Kier molecular flexibility index (Phi) is 5.57. The van der Waals surface area contributed by atoms with Gasteiger partial charge in [-0.05, 0) is 47.2 Å². The fourth-order valence-corrected chi connectivity index (χ4v) is 5.65. The summed E-state index contributed by atoms with van der Waals surface area (Å²) in [6.45, 7) is 6.42. The van der Waals surface area contributed by atoms with Crippen LogP contribution in [0, 0.1) is 5.41 Å². The van der Waals surface area contributed by atoms with E-state index in [0.29, 0.717) is 22.2 Å². The molecule has 0 aromatic heterocycles. The zero-order chi connectivity index (χ0) is 22.6. The summed E-state index contributed by atoms with van der Waals surface area (Å²) in [6, 6.07) is 12.1. The number of amides is 2. The minimum Gasteiger partial charge on any atom is -0.358 e. The van der Waals surface area contributed by atoms with Crippen LogP contribution in [0.1, 0.15) is 44.2 Å². The molecule has 2 amide bonds. The molecule has 4 unspecified atom stereocenters. The van der Waals surface area contributed by atoms with E-state index in [0.717, 1.165) is 11.1 Å². The van der Waals surface area contributed by atoms with Gasteiger partial charge in [0, 0.05) is 34.7 Å². The Bertz CT molecular complexity index is 1050. The molecular formula is C24H27Cl2N3O2. The monoisotopic (exact) mass is 459 g/mol. The molecular weight excluding hydrogens is 433 g/mol. The van der Waals surface area contributed by atoms with E-state index in [-0.39, 0.29) is 23.3 Å². The second kappa shape index (κ2) is 7.80. The summed E-state index contributed by atoms with van der Waals surface area (Å²) in [5, 5.41) is 10.5. The molecule has 0 aliphatic carbocycles. The maximum atomic E-state index is 13.8. The van der Waals surface area contributed by atoms with Crippen LogP contribution in [-0.4, -0.2) is 30.9 Å². The van der Waals surface area contributed by atoms with Gasteiger partial charge in [-0.15, -0.1) is 0 Å². The zero-order valence-corrected chi connectivity index (χ0v) is 19.6. The van der Waals surface area contributed by atoms with Crippen molar-refractivity contribution in [2.45, 2.75) is 50.6 Å². The van der Waals surface area contributed by atoms with E-state index in [1.54, 1.807) is 25.2 Å². The largest absolute Gasteiger partial charge is 0.358 e. The molecule has 2 aliphatic heterocycles. The summed E-state index contributed by atoms with van der Waals surface area (Å²) in [4.78, 5) is 26.9. The van der Waals surface area contributed by atoms with Crippen LogP contribution in [0.5, 0.6) is 0 Å². The standard InChI is InChI=1S/C24H27Cl2N3O2/c1-23(2,3)12-18-24(16-9-8-15(26)11-17(16)28-22(24)31)19(20(29-18)21(30)27-4)13-6-5-7-14(25)10-13/h5-11,18-20,29H,12H2,1-4H3,(H,27,30)(H,28,31). The predicted molar refractivity (Wildman–Crippen MR) is 125 cm³/mol. The summed E-state index contributed by atoms with van der Waals surface area (Å²) < 4.78 is 0. The van der Waals surface area contributed by atoms with E-state index in [1.807, 2.05) is 24.3 Å². The molecule has 2 aromatic rings. The summed E-state index contributed by atoms with van der Waals surface area (Å²) in [5.41, 5.74) is 1.36. The average molecular weight is 460 g/mol. The van der Waals surface area contributed by atoms with Crippen molar-refractivity contribution in [2.24, 2.45) is 5.41 Å². The van der Waals surface area contributed by atoms with E-state index < -0.39 is 17.4 Å². The van der Waals surface area contributed by atoms with E-state index in [4.69, 9.17) is 23.2 Å². The molecule has 4 rings (SSSR count). The third kappa shape index (κ3) is 3.63. The van der Waals surface area contributed by atoms with Crippen molar-refractivity contribution in [3.05, 3.63) is 63.6 Å². The van der Waals surface area contributed by atoms with Crippen molar-refractivity contribution in [3.63, 3.8) is 0 Å². The third-order valence-electron chi connectivity index (χ3n) is 6.36.